The number of furan rings is 1. The van der Waals surface area contributed by atoms with Crippen molar-refractivity contribution in [3.05, 3.63) is 47.7 Å². The lowest BCUT2D eigenvalue weighted by Gasteiger charge is -2.10. The smallest absolute Gasteiger partial charge is 0.284 e. The second-order valence-corrected chi connectivity index (χ2v) is 5.88. The Balaban J connectivity index is 1.75. The first-order chi connectivity index (χ1) is 11.7. The molecule has 3 rings (SSSR count). The number of nitrogens with zero attached hydrogens (tertiary/aromatic N) is 2. The van der Waals surface area contributed by atoms with Gasteiger partial charge in [0, 0.05) is 16.9 Å². The van der Waals surface area contributed by atoms with Crippen LogP contribution >= 0.6 is 11.8 Å². The third-order valence-electron chi connectivity index (χ3n) is 3.26. The number of ketones is 1. The molecule has 7 heteroatoms. The summed E-state index contributed by atoms with van der Waals surface area (Å²) < 4.78 is 16.4. The minimum Gasteiger partial charge on any atom is -0.494 e. The van der Waals surface area contributed by atoms with Crippen molar-refractivity contribution < 1.29 is 18.4 Å². The number of hydrogen-bond donors (Lipinski definition) is 0. The van der Waals surface area contributed by atoms with Crippen LogP contribution in [0.1, 0.15) is 29.8 Å². The fraction of sp³-hybridized carbons (Fsp3) is 0.235. The van der Waals surface area contributed by atoms with Gasteiger partial charge >= 0.3 is 0 Å². The van der Waals surface area contributed by atoms with Gasteiger partial charge in [-0.25, -0.2) is 0 Å². The van der Waals surface area contributed by atoms with Gasteiger partial charge in [-0.15, -0.1) is 10.2 Å². The fourth-order valence-corrected chi connectivity index (χ4v) is 2.86. The van der Waals surface area contributed by atoms with E-state index in [2.05, 4.69) is 10.2 Å². The zero-order valence-electron chi connectivity index (χ0n) is 13.3. The molecule has 0 aliphatic heterocycles. The molecule has 0 atom stereocenters. The Morgan fingerprint density at radius 3 is 2.88 bits per heavy atom. The molecule has 1 aromatic carbocycles. The topological polar surface area (TPSA) is 78.4 Å². The van der Waals surface area contributed by atoms with Gasteiger partial charge in [-0.3, -0.25) is 4.79 Å². The summed E-state index contributed by atoms with van der Waals surface area (Å²) in [5.41, 5.74) is 1.56. The molecular weight excluding hydrogens is 328 g/mol. The molecule has 0 radical (unpaired) electrons. The van der Waals surface area contributed by atoms with E-state index in [1.54, 1.807) is 31.4 Å². The molecule has 124 valence electrons. The van der Waals surface area contributed by atoms with Crippen LogP contribution in [0.25, 0.3) is 11.7 Å². The number of Topliss-reactive ketones (excluding diaryl/α,β-unsaturated/α-hetero) is 1. The predicted octanol–water partition coefficient (Wildman–Crippen LogP) is 4.22. The van der Waals surface area contributed by atoms with Crippen LogP contribution in [0.3, 0.4) is 0 Å². The molecule has 6 nitrogen and oxygen atoms in total. The summed E-state index contributed by atoms with van der Waals surface area (Å²) in [4.78, 5) is 11.6. The van der Waals surface area contributed by atoms with Crippen molar-refractivity contribution in [3.63, 3.8) is 0 Å². The maximum absolute atomic E-state index is 11.6. The van der Waals surface area contributed by atoms with Gasteiger partial charge in [0.1, 0.15) is 5.75 Å². The van der Waals surface area contributed by atoms with Crippen molar-refractivity contribution in [1.82, 2.24) is 10.2 Å². The van der Waals surface area contributed by atoms with E-state index >= 15 is 0 Å². The number of aromatic nitrogens is 2. The van der Waals surface area contributed by atoms with Crippen LogP contribution in [0.15, 0.2) is 50.7 Å². The van der Waals surface area contributed by atoms with Gasteiger partial charge in [-0.05, 0) is 44.2 Å². The Hall–Kier alpha value is -2.54. The number of thioether (sulfide) groups is 1. The van der Waals surface area contributed by atoms with Crippen molar-refractivity contribution in [2.75, 3.05) is 6.61 Å². The van der Waals surface area contributed by atoms with Crippen molar-refractivity contribution in [2.45, 2.75) is 24.8 Å². The second kappa shape index (κ2) is 7.35. The van der Waals surface area contributed by atoms with Gasteiger partial charge < -0.3 is 13.6 Å². The molecule has 0 saturated heterocycles. The van der Waals surface area contributed by atoms with Gasteiger partial charge in [-0.2, -0.15) is 0 Å². The Bertz CT molecular complexity index is 827. The zero-order valence-corrected chi connectivity index (χ0v) is 14.1. The quantitative estimate of drug-likeness (QED) is 0.469. The Kier molecular flexibility index (Phi) is 5.00. The number of carbonyl (C=O) groups is 1. The van der Waals surface area contributed by atoms with E-state index in [1.165, 1.54) is 11.8 Å². The van der Waals surface area contributed by atoms with Crippen LogP contribution in [0.5, 0.6) is 5.75 Å². The van der Waals surface area contributed by atoms with Crippen LogP contribution in [-0.2, 0) is 5.75 Å². The largest absolute Gasteiger partial charge is 0.494 e. The maximum Gasteiger partial charge on any atom is 0.284 e. The summed E-state index contributed by atoms with van der Waals surface area (Å²) in [7, 11) is 0. The summed E-state index contributed by atoms with van der Waals surface area (Å²) in [6.45, 7) is 4.02. The Morgan fingerprint density at radius 2 is 2.17 bits per heavy atom. The monoisotopic (exact) mass is 344 g/mol. The summed E-state index contributed by atoms with van der Waals surface area (Å²) in [5, 5.41) is 8.39. The van der Waals surface area contributed by atoms with Crippen LogP contribution in [0.2, 0.25) is 0 Å². The molecule has 0 unspecified atom stereocenters. The van der Waals surface area contributed by atoms with Gasteiger partial charge in [0.15, 0.2) is 11.5 Å². The van der Waals surface area contributed by atoms with E-state index in [9.17, 15) is 4.79 Å². The summed E-state index contributed by atoms with van der Waals surface area (Å²) in [6, 6.07) is 8.94. The molecule has 0 N–H and O–H groups in total. The van der Waals surface area contributed by atoms with Crippen LogP contribution in [0, 0.1) is 0 Å². The molecule has 24 heavy (non-hydrogen) atoms. The molecule has 0 aliphatic rings. The summed E-state index contributed by atoms with van der Waals surface area (Å²) in [5.74, 6) is 2.19. The lowest BCUT2D eigenvalue weighted by molar-refractivity contribution is 0.101. The summed E-state index contributed by atoms with van der Waals surface area (Å²) >= 11 is 1.38. The molecular formula is C17H16N2O4S. The summed E-state index contributed by atoms with van der Waals surface area (Å²) in [6.07, 6.45) is 1.55. The minimum atomic E-state index is 0.0159. The highest BCUT2D eigenvalue weighted by Crippen LogP contribution is 2.30. The SMILES string of the molecule is CCOc1ccc(C(C)=O)cc1CSc1nnc(-c2ccco2)o1. The van der Waals surface area contributed by atoms with E-state index in [1.807, 2.05) is 19.1 Å². The van der Waals surface area contributed by atoms with E-state index in [4.69, 9.17) is 13.6 Å². The van der Waals surface area contributed by atoms with E-state index in [-0.39, 0.29) is 5.78 Å². The Morgan fingerprint density at radius 1 is 1.29 bits per heavy atom. The normalized spacial score (nSPS) is 10.8. The van der Waals surface area contributed by atoms with Gasteiger partial charge in [0.2, 0.25) is 0 Å². The van der Waals surface area contributed by atoms with Crippen molar-refractivity contribution in [3.8, 4) is 17.4 Å². The third kappa shape index (κ3) is 3.68. The standard InChI is InChI=1S/C17H16N2O4S/c1-3-21-14-7-6-12(11(2)20)9-13(14)10-24-17-19-18-16(23-17)15-5-4-8-22-15/h4-9H,3,10H2,1-2H3. The molecule has 0 amide bonds. The third-order valence-corrected chi connectivity index (χ3v) is 4.12. The first kappa shape index (κ1) is 16.3. The first-order valence-electron chi connectivity index (χ1n) is 7.44. The van der Waals surface area contributed by atoms with E-state index < -0.39 is 0 Å². The molecule has 2 heterocycles. The maximum atomic E-state index is 11.6. The second-order valence-electron chi connectivity index (χ2n) is 4.95. The molecule has 2 aromatic heterocycles. The predicted molar refractivity (Wildman–Crippen MR) is 89.2 cm³/mol. The highest BCUT2D eigenvalue weighted by atomic mass is 32.2. The van der Waals surface area contributed by atoms with Crippen LogP contribution in [0.4, 0.5) is 0 Å². The lowest BCUT2D eigenvalue weighted by atomic mass is 10.1. The Labute approximate surface area is 143 Å². The number of benzene rings is 1. The number of hydrogen-bond acceptors (Lipinski definition) is 7. The molecule has 3 aromatic rings. The minimum absolute atomic E-state index is 0.0159. The van der Waals surface area contributed by atoms with Crippen LogP contribution < -0.4 is 4.74 Å². The van der Waals surface area contributed by atoms with Crippen LogP contribution in [-0.4, -0.2) is 22.6 Å². The molecule has 0 bridgehead atoms. The molecule has 0 saturated carbocycles. The molecule has 0 fully saturated rings. The van der Waals surface area contributed by atoms with Crippen molar-refractivity contribution in [2.24, 2.45) is 0 Å². The van der Waals surface area contributed by atoms with Crippen molar-refractivity contribution in [1.29, 1.82) is 0 Å². The van der Waals surface area contributed by atoms with Gasteiger partial charge in [0.05, 0.1) is 12.9 Å². The number of rotatable bonds is 7. The lowest BCUT2D eigenvalue weighted by Crippen LogP contribution is -1.99. The number of ether oxygens (including phenoxy) is 1. The van der Waals surface area contributed by atoms with E-state index in [0.717, 1.165) is 11.3 Å². The zero-order chi connectivity index (χ0) is 16.9. The highest BCUT2D eigenvalue weighted by molar-refractivity contribution is 7.98. The first-order valence-corrected chi connectivity index (χ1v) is 8.42. The highest BCUT2D eigenvalue weighted by Gasteiger charge is 2.13. The van der Waals surface area contributed by atoms with Crippen molar-refractivity contribution >= 4 is 17.5 Å². The average molecular weight is 344 g/mol. The number of carbonyl (C=O) groups excluding carboxylic acids is 1. The fourth-order valence-electron chi connectivity index (χ4n) is 2.11. The average Bonchev–Trinajstić information content (AvgIpc) is 3.25. The van der Waals surface area contributed by atoms with Gasteiger partial charge in [-0.1, -0.05) is 11.8 Å². The van der Waals surface area contributed by atoms with Gasteiger partial charge in [0.25, 0.3) is 11.1 Å². The van der Waals surface area contributed by atoms with E-state index in [0.29, 0.717) is 34.8 Å². The molecule has 0 spiro atoms. The molecule has 0 aliphatic carbocycles.